The maximum Gasteiger partial charge on any atom is 0.326 e. The first-order valence-corrected chi connectivity index (χ1v) is 12.3. The molecule has 0 saturated carbocycles. The SMILES string of the molecule is CCOc1ccccc1NC(=O)COc1ccc(/C=C2\SC(=O)N(CC(=O)OC(C)C)C2=O)cc1OC. The van der Waals surface area contributed by atoms with Crippen molar-refractivity contribution in [2.45, 2.75) is 26.9 Å². The van der Waals surface area contributed by atoms with Crippen LogP contribution in [0, 0.1) is 0 Å². The zero-order valence-corrected chi connectivity index (χ0v) is 21.8. The number of anilines is 1. The number of ether oxygens (including phenoxy) is 4. The van der Waals surface area contributed by atoms with E-state index >= 15 is 0 Å². The van der Waals surface area contributed by atoms with Crippen LogP contribution in [-0.4, -0.2) is 60.9 Å². The lowest BCUT2D eigenvalue weighted by atomic mass is 10.2. The van der Waals surface area contributed by atoms with Crippen molar-refractivity contribution in [2.24, 2.45) is 0 Å². The number of para-hydroxylation sites is 2. The summed E-state index contributed by atoms with van der Waals surface area (Å²) in [5, 5.41) is 2.20. The molecule has 0 unspecified atom stereocenters. The van der Waals surface area contributed by atoms with Crippen molar-refractivity contribution < 1.29 is 38.1 Å². The van der Waals surface area contributed by atoms with E-state index in [0.717, 1.165) is 16.7 Å². The second kappa shape index (κ2) is 12.8. The molecule has 0 bridgehead atoms. The van der Waals surface area contributed by atoms with Crippen LogP contribution < -0.4 is 19.5 Å². The van der Waals surface area contributed by atoms with Gasteiger partial charge in [-0.15, -0.1) is 0 Å². The molecule has 0 aliphatic carbocycles. The van der Waals surface area contributed by atoms with Crippen molar-refractivity contribution in [2.75, 3.05) is 32.2 Å². The number of esters is 1. The molecule has 10 nitrogen and oxygen atoms in total. The monoisotopic (exact) mass is 528 g/mol. The second-order valence-electron chi connectivity index (χ2n) is 7.98. The van der Waals surface area contributed by atoms with Crippen LogP contribution in [0.5, 0.6) is 17.2 Å². The fraction of sp³-hybridized carbons (Fsp3) is 0.308. The topological polar surface area (TPSA) is 120 Å². The Labute approximate surface area is 218 Å². The molecule has 1 aliphatic rings. The molecule has 11 heteroatoms. The minimum atomic E-state index is -0.660. The zero-order chi connectivity index (χ0) is 26.9. The molecule has 0 aromatic heterocycles. The third kappa shape index (κ3) is 7.50. The van der Waals surface area contributed by atoms with Crippen LogP contribution in [0.4, 0.5) is 10.5 Å². The summed E-state index contributed by atoms with van der Waals surface area (Å²) in [4.78, 5) is 50.2. The van der Waals surface area contributed by atoms with Crippen molar-refractivity contribution in [3.8, 4) is 17.2 Å². The van der Waals surface area contributed by atoms with Crippen LogP contribution in [0.2, 0.25) is 0 Å². The highest BCUT2D eigenvalue weighted by molar-refractivity contribution is 8.18. The Bertz CT molecular complexity index is 1210. The zero-order valence-electron chi connectivity index (χ0n) is 20.9. The predicted molar refractivity (Wildman–Crippen MR) is 139 cm³/mol. The summed E-state index contributed by atoms with van der Waals surface area (Å²) in [6.07, 6.45) is 1.16. The lowest BCUT2D eigenvalue weighted by molar-refractivity contribution is -0.149. The number of carbonyl (C=O) groups is 4. The Hall–Kier alpha value is -3.99. The largest absolute Gasteiger partial charge is 0.493 e. The molecule has 1 fully saturated rings. The summed E-state index contributed by atoms with van der Waals surface area (Å²) in [6.45, 7) is 4.95. The molecule has 1 saturated heterocycles. The van der Waals surface area contributed by atoms with Gasteiger partial charge >= 0.3 is 5.97 Å². The number of imide groups is 1. The van der Waals surface area contributed by atoms with Crippen molar-refractivity contribution in [1.29, 1.82) is 0 Å². The molecule has 1 aliphatic heterocycles. The molecule has 0 spiro atoms. The molecule has 196 valence electrons. The standard InChI is InChI=1S/C26H28N2O8S/c1-5-34-19-9-7-6-8-18(19)27-23(29)15-35-20-11-10-17(12-21(20)33-4)13-22-25(31)28(26(32)37-22)14-24(30)36-16(2)3/h6-13,16H,5,14-15H2,1-4H3,(H,27,29)/b22-13-. The van der Waals surface area contributed by atoms with Crippen LogP contribution in [0.15, 0.2) is 47.4 Å². The molecule has 1 heterocycles. The third-order valence-corrected chi connectivity index (χ3v) is 5.74. The van der Waals surface area contributed by atoms with E-state index < -0.39 is 23.7 Å². The molecule has 3 rings (SSSR count). The molecule has 2 aromatic rings. The van der Waals surface area contributed by atoms with Crippen molar-refractivity contribution in [1.82, 2.24) is 4.90 Å². The summed E-state index contributed by atoms with van der Waals surface area (Å²) in [5.41, 5.74) is 1.10. The number of thioether (sulfide) groups is 1. The van der Waals surface area contributed by atoms with Crippen molar-refractivity contribution >= 4 is 46.5 Å². The van der Waals surface area contributed by atoms with Gasteiger partial charge < -0.3 is 24.3 Å². The molecule has 37 heavy (non-hydrogen) atoms. The van der Waals surface area contributed by atoms with E-state index in [9.17, 15) is 19.2 Å². The van der Waals surface area contributed by atoms with E-state index in [1.807, 2.05) is 13.0 Å². The summed E-state index contributed by atoms with van der Waals surface area (Å²) in [5.74, 6) is -0.427. The van der Waals surface area contributed by atoms with E-state index in [0.29, 0.717) is 35.1 Å². The van der Waals surface area contributed by atoms with Crippen LogP contribution in [0.3, 0.4) is 0 Å². The highest BCUT2D eigenvalue weighted by Gasteiger charge is 2.36. The smallest absolute Gasteiger partial charge is 0.326 e. The molecule has 3 amide bonds. The average Bonchev–Trinajstić information content (AvgIpc) is 3.11. The maximum atomic E-state index is 12.7. The first-order valence-electron chi connectivity index (χ1n) is 11.5. The number of nitrogens with one attached hydrogen (secondary N) is 1. The van der Waals surface area contributed by atoms with Crippen molar-refractivity contribution in [3.63, 3.8) is 0 Å². The highest BCUT2D eigenvalue weighted by atomic mass is 32.2. The minimum Gasteiger partial charge on any atom is -0.493 e. The van der Waals surface area contributed by atoms with E-state index in [2.05, 4.69) is 5.32 Å². The number of carbonyl (C=O) groups excluding carboxylic acids is 4. The summed E-state index contributed by atoms with van der Waals surface area (Å²) in [6, 6.07) is 11.9. The number of methoxy groups -OCH3 is 1. The minimum absolute atomic E-state index is 0.158. The Morgan fingerprint density at radius 2 is 1.81 bits per heavy atom. The van der Waals surface area contributed by atoms with Crippen LogP contribution in [0.1, 0.15) is 26.3 Å². The van der Waals surface area contributed by atoms with Gasteiger partial charge in [0.15, 0.2) is 18.1 Å². The van der Waals surface area contributed by atoms with Crippen molar-refractivity contribution in [3.05, 3.63) is 52.9 Å². The van der Waals surface area contributed by atoms with E-state index in [4.69, 9.17) is 18.9 Å². The molecule has 0 radical (unpaired) electrons. The third-order valence-electron chi connectivity index (χ3n) is 4.83. The quantitative estimate of drug-likeness (QED) is 0.339. The summed E-state index contributed by atoms with van der Waals surface area (Å²) in [7, 11) is 1.44. The highest BCUT2D eigenvalue weighted by Crippen LogP contribution is 2.34. The molecular formula is C26H28N2O8S. The molecular weight excluding hydrogens is 500 g/mol. The van der Waals surface area contributed by atoms with Gasteiger partial charge in [0.2, 0.25) is 0 Å². The Kier molecular flexibility index (Phi) is 9.56. The van der Waals surface area contributed by atoms with Crippen LogP contribution in [-0.2, 0) is 19.1 Å². The molecule has 2 aromatic carbocycles. The van der Waals surface area contributed by atoms with Gasteiger partial charge in [-0.3, -0.25) is 24.1 Å². The number of rotatable bonds is 11. The van der Waals surface area contributed by atoms with Gasteiger partial charge in [-0.05, 0) is 68.4 Å². The van der Waals surface area contributed by atoms with E-state index in [1.54, 1.807) is 50.2 Å². The number of benzene rings is 2. The average molecular weight is 529 g/mol. The normalized spacial score (nSPS) is 14.2. The Morgan fingerprint density at radius 3 is 2.51 bits per heavy atom. The second-order valence-corrected chi connectivity index (χ2v) is 8.98. The number of hydrogen-bond acceptors (Lipinski definition) is 9. The van der Waals surface area contributed by atoms with E-state index in [-0.39, 0.29) is 23.5 Å². The number of hydrogen-bond donors (Lipinski definition) is 1. The Morgan fingerprint density at radius 1 is 1.05 bits per heavy atom. The summed E-state index contributed by atoms with van der Waals surface area (Å²) >= 11 is 0.730. The van der Waals surface area contributed by atoms with E-state index in [1.165, 1.54) is 13.2 Å². The molecule has 0 atom stereocenters. The molecule has 1 N–H and O–H groups in total. The summed E-state index contributed by atoms with van der Waals surface area (Å²) < 4.78 is 21.5. The van der Waals surface area contributed by atoms with Crippen LogP contribution in [0.25, 0.3) is 6.08 Å². The first-order chi connectivity index (χ1) is 17.7. The van der Waals surface area contributed by atoms with Gasteiger partial charge in [-0.1, -0.05) is 18.2 Å². The lowest BCUT2D eigenvalue weighted by Crippen LogP contribution is -2.35. The fourth-order valence-corrected chi connectivity index (χ4v) is 4.13. The lowest BCUT2D eigenvalue weighted by Gasteiger charge is -2.14. The predicted octanol–water partition coefficient (Wildman–Crippen LogP) is 4.10. The number of amides is 3. The maximum absolute atomic E-state index is 12.7. The first kappa shape index (κ1) is 27.6. The van der Waals surface area contributed by atoms with Crippen LogP contribution >= 0.6 is 11.8 Å². The van der Waals surface area contributed by atoms with Gasteiger partial charge in [0.1, 0.15) is 12.3 Å². The Balaban J connectivity index is 1.65. The van der Waals surface area contributed by atoms with Gasteiger partial charge in [-0.25, -0.2) is 0 Å². The van der Waals surface area contributed by atoms with Gasteiger partial charge in [0, 0.05) is 0 Å². The van der Waals surface area contributed by atoms with Gasteiger partial charge in [-0.2, -0.15) is 0 Å². The van der Waals surface area contributed by atoms with Gasteiger partial charge in [0.25, 0.3) is 17.1 Å². The van der Waals surface area contributed by atoms with Gasteiger partial charge in [0.05, 0.1) is 30.4 Å². The fourth-order valence-electron chi connectivity index (χ4n) is 3.29. The number of nitrogens with zero attached hydrogens (tertiary/aromatic N) is 1.